The molecule has 8 nitrogen and oxygen atoms in total. The summed E-state index contributed by atoms with van der Waals surface area (Å²) in [6, 6.07) is 5.73. The number of phenolic OH excluding ortho intramolecular Hbond substituents is 2. The molecule has 0 spiro atoms. The Bertz CT molecular complexity index is 1070. The molecule has 0 aliphatic heterocycles. The lowest BCUT2D eigenvalue weighted by Gasteiger charge is -2.15. The Morgan fingerprint density at radius 3 is 2.11 bits per heavy atom. The van der Waals surface area contributed by atoms with Crippen LogP contribution in [0.2, 0.25) is 0 Å². The zero-order valence-corrected chi connectivity index (χ0v) is 15.2. The van der Waals surface area contributed by atoms with Gasteiger partial charge in [0.25, 0.3) is 0 Å². The van der Waals surface area contributed by atoms with Crippen molar-refractivity contribution in [3.8, 4) is 45.8 Å². The van der Waals surface area contributed by atoms with Crippen molar-refractivity contribution in [2.75, 3.05) is 28.4 Å². The first kappa shape index (κ1) is 18.2. The number of methoxy groups -OCH3 is 4. The first-order valence-electron chi connectivity index (χ1n) is 7.82. The fourth-order valence-corrected chi connectivity index (χ4v) is 2.86. The predicted molar refractivity (Wildman–Crippen MR) is 97.5 cm³/mol. The summed E-state index contributed by atoms with van der Waals surface area (Å²) in [5, 5.41) is 20.1. The molecule has 27 heavy (non-hydrogen) atoms. The molecule has 0 aliphatic carbocycles. The molecule has 2 aromatic carbocycles. The molecule has 3 rings (SSSR count). The van der Waals surface area contributed by atoms with E-state index in [1.165, 1.54) is 52.7 Å². The van der Waals surface area contributed by atoms with Gasteiger partial charge in [-0.1, -0.05) is 0 Å². The van der Waals surface area contributed by atoms with Crippen LogP contribution >= 0.6 is 0 Å². The van der Waals surface area contributed by atoms with E-state index in [0.29, 0.717) is 11.3 Å². The molecule has 0 atom stereocenters. The van der Waals surface area contributed by atoms with E-state index in [1.807, 2.05) is 0 Å². The number of hydrogen-bond acceptors (Lipinski definition) is 8. The van der Waals surface area contributed by atoms with Gasteiger partial charge in [0.1, 0.15) is 22.5 Å². The van der Waals surface area contributed by atoms with Crippen molar-refractivity contribution in [1.29, 1.82) is 0 Å². The summed E-state index contributed by atoms with van der Waals surface area (Å²) in [6.07, 6.45) is 0. The maximum atomic E-state index is 13.0. The summed E-state index contributed by atoms with van der Waals surface area (Å²) in [4.78, 5) is 13.0. The summed E-state index contributed by atoms with van der Waals surface area (Å²) in [6.45, 7) is 0. The van der Waals surface area contributed by atoms with Crippen molar-refractivity contribution >= 4 is 11.0 Å². The molecular weight excluding hydrogens is 356 g/mol. The van der Waals surface area contributed by atoms with Gasteiger partial charge in [-0.25, -0.2) is 0 Å². The topological polar surface area (TPSA) is 108 Å². The highest BCUT2D eigenvalue weighted by Crippen LogP contribution is 2.45. The van der Waals surface area contributed by atoms with Crippen LogP contribution in [0.1, 0.15) is 0 Å². The molecule has 8 heteroatoms. The van der Waals surface area contributed by atoms with E-state index in [9.17, 15) is 15.0 Å². The minimum atomic E-state index is -0.561. The van der Waals surface area contributed by atoms with E-state index in [2.05, 4.69) is 0 Å². The standard InChI is InChI=1S/C19H18O8/c1-23-11-6-5-9(20)7-10(11)17-19(26-4)16(22)14-12(27-17)8-13(24-2)15(21)18(14)25-3/h5-8,20-21H,1-4H3. The van der Waals surface area contributed by atoms with Crippen molar-refractivity contribution in [3.05, 3.63) is 34.5 Å². The number of ether oxygens (including phenoxy) is 4. The third kappa shape index (κ3) is 2.84. The molecule has 0 bridgehead atoms. The van der Waals surface area contributed by atoms with Gasteiger partial charge in [0, 0.05) is 6.07 Å². The van der Waals surface area contributed by atoms with Crippen LogP contribution in [0.25, 0.3) is 22.3 Å². The maximum absolute atomic E-state index is 13.0. The van der Waals surface area contributed by atoms with Gasteiger partial charge in [0.05, 0.1) is 34.0 Å². The van der Waals surface area contributed by atoms with Crippen molar-refractivity contribution < 1.29 is 33.6 Å². The Balaban J connectivity index is 2.48. The molecule has 0 fully saturated rings. The molecular formula is C19H18O8. The Morgan fingerprint density at radius 1 is 0.852 bits per heavy atom. The average Bonchev–Trinajstić information content (AvgIpc) is 2.67. The lowest BCUT2D eigenvalue weighted by Crippen LogP contribution is -2.09. The molecule has 0 saturated carbocycles. The number of hydrogen-bond donors (Lipinski definition) is 2. The summed E-state index contributed by atoms with van der Waals surface area (Å²) < 4.78 is 26.8. The molecule has 1 heterocycles. The largest absolute Gasteiger partial charge is 0.508 e. The SMILES string of the molecule is COc1ccc(O)cc1-c1oc2cc(OC)c(O)c(OC)c2c(=O)c1OC. The molecule has 0 amide bonds. The van der Waals surface area contributed by atoms with Gasteiger partial charge in [-0.15, -0.1) is 0 Å². The fourth-order valence-electron chi connectivity index (χ4n) is 2.86. The second-order valence-corrected chi connectivity index (χ2v) is 5.51. The smallest absolute Gasteiger partial charge is 0.239 e. The number of aromatic hydroxyl groups is 2. The average molecular weight is 374 g/mol. The van der Waals surface area contributed by atoms with Crippen LogP contribution < -0.4 is 24.4 Å². The number of fused-ring (bicyclic) bond motifs is 1. The third-order valence-electron chi connectivity index (χ3n) is 4.09. The van der Waals surface area contributed by atoms with Crippen molar-refractivity contribution in [1.82, 2.24) is 0 Å². The van der Waals surface area contributed by atoms with E-state index >= 15 is 0 Å². The number of benzene rings is 2. The molecule has 3 aromatic rings. The predicted octanol–water partition coefficient (Wildman–Crippen LogP) is 2.91. The minimum absolute atomic E-state index is 0.00415. The monoisotopic (exact) mass is 374 g/mol. The van der Waals surface area contributed by atoms with Crippen LogP contribution in [-0.2, 0) is 0 Å². The van der Waals surface area contributed by atoms with Gasteiger partial charge in [-0.2, -0.15) is 0 Å². The Morgan fingerprint density at radius 2 is 1.52 bits per heavy atom. The van der Waals surface area contributed by atoms with Gasteiger partial charge in [0.15, 0.2) is 17.3 Å². The van der Waals surface area contributed by atoms with Crippen LogP contribution in [0.5, 0.6) is 34.5 Å². The molecule has 0 radical (unpaired) electrons. The second kappa shape index (κ2) is 6.99. The Kier molecular flexibility index (Phi) is 4.72. The van der Waals surface area contributed by atoms with Crippen LogP contribution in [-0.4, -0.2) is 38.7 Å². The van der Waals surface area contributed by atoms with Crippen LogP contribution in [0.15, 0.2) is 33.5 Å². The molecule has 142 valence electrons. The van der Waals surface area contributed by atoms with E-state index in [1.54, 1.807) is 0 Å². The van der Waals surface area contributed by atoms with Crippen LogP contribution in [0.4, 0.5) is 0 Å². The molecule has 0 unspecified atom stereocenters. The normalized spacial score (nSPS) is 10.7. The van der Waals surface area contributed by atoms with Gasteiger partial charge in [-0.3, -0.25) is 4.79 Å². The molecule has 0 saturated heterocycles. The maximum Gasteiger partial charge on any atom is 0.239 e. The van der Waals surface area contributed by atoms with Gasteiger partial charge >= 0.3 is 0 Å². The van der Waals surface area contributed by atoms with Gasteiger partial charge < -0.3 is 33.6 Å². The zero-order valence-electron chi connectivity index (χ0n) is 15.2. The number of rotatable bonds is 5. The van der Waals surface area contributed by atoms with Crippen molar-refractivity contribution in [2.45, 2.75) is 0 Å². The first-order chi connectivity index (χ1) is 13.0. The van der Waals surface area contributed by atoms with Crippen LogP contribution in [0, 0.1) is 0 Å². The van der Waals surface area contributed by atoms with Gasteiger partial charge in [0.2, 0.25) is 16.9 Å². The summed E-state index contributed by atoms with van der Waals surface area (Å²) in [5.74, 6) is -0.105. The lowest BCUT2D eigenvalue weighted by atomic mass is 10.1. The van der Waals surface area contributed by atoms with E-state index in [-0.39, 0.29) is 45.5 Å². The summed E-state index contributed by atoms with van der Waals surface area (Å²) in [7, 11) is 5.44. The first-order valence-corrected chi connectivity index (χ1v) is 7.82. The summed E-state index contributed by atoms with van der Waals surface area (Å²) >= 11 is 0. The molecule has 0 aliphatic rings. The summed E-state index contributed by atoms with van der Waals surface area (Å²) in [5.41, 5.74) is -0.138. The van der Waals surface area contributed by atoms with E-state index in [0.717, 1.165) is 0 Å². The highest BCUT2D eigenvalue weighted by Gasteiger charge is 2.25. The third-order valence-corrected chi connectivity index (χ3v) is 4.09. The number of phenols is 2. The van der Waals surface area contributed by atoms with Gasteiger partial charge in [-0.05, 0) is 18.2 Å². The highest BCUT2D eigenvalue weighted by molar-refractivity contribution is 5.92. The molecule has 2 N–H and O–H groups in total. The van der Waals surface area contributed by atoms with E-state index in [4.69, 9.17) is 23.4 Å². The van der Waals surface area contributed by atoms with Crippen molar-refractivity contribution in [3.63, 3.8) is 0 Å². The minimum Gasteiger partial charge on any atom is -0.508 e. The highest BCUT2D eigenvalue weighted by atomic mass is 16.5. The molecule has 1 aromatic heterocycles. The Hall–Kier alpha value is -3.55. The van der Waals surface area contributed by atoms with Crippen LogP contribution in [0.3, 0.4) is 0 Å². The second-order valence-electron chi connectivity index (χ2n) is 5.51. The fraction of sp³-hybridized carbons (Fsp3) is 0.211. The quantitative estimate of drug-likeness (QED) is 0.702. The van der Waals surface area contributed by atoms with E-state index < -0.39 is 5.43 Å². The Labute approximate surface area is 154 Å². The zero-order chi connectivity index (χ0) is 19.7. The van der Waals surface area contributed by atoms with Crippen molar-refractivity contribution in [2.24, 2.45) is 0 Å². The lowest BCUT2D eigenvalue weighted by molar-refractivity contribution is 0.341.